The number of aliphatic hydroxyl groups is 1. The van der Waals surface area contributed by atoms with E-state index in [4.69, 9.17) is 11.6 Å². The fourth-order valence-electron chi connectivity index (χ4n) is 5.49. The highest BCUT2D eigenvalue weighted by molar-refractivity contribution is 6.35. The maximum Gasteiger partial charge on any atom is 0.260 e. The molecule has 2 aromatic carbocycles. The lowest BCUT2D eigenvalue weighted by molar-refractivity contribution is -0.136. The molecule has 37 heavy (non-hydrogen) atoms. The van der Waals surface area contributed by atoms with Crippen molar-refractivity contribution in [2.24, 2.45) is 0 Å². The van der Waals surface area contributed by atoms with Crippen LogP contribution in [0.2, 0.25) is 5.02 Å². The molecule has 0 atom stereocenters. The molecule has 0 aliphatic carbocycles. The second-order valence-electron chi connectivity index (χ2n) is 9.82. The molecule has 2 amide bonds. The second-order valence-corrected chi connectivity index (χ2v) is 10.2. The summed E-state index contributed by atoms with van der Waals surface area (Å²) in [5.74, 6) is -0.0179. The van der Waals surface area contributed by atoms with Crippen molar-refractivity contribution < 1.29 is 14.7 Å². The molecule has 7 nitrogen and oxygen atoms in total. The molecule has 2 aliphatic heterocycles. The number of aromatic nitrogens is 2. The third-order valence-corrected chi connectivity index (χ3v) is 7.98. The molecule has 0 saturated carbocycles. The monoisotopic (exact) mass is 514 g/mol. The van der Waals surface area contributed by atoms with Crippen LogP contribution in [0.1, 0.15) is 40.7 Å². The number of hydrogen-bond acceptors (Lipinski definition) is 4. The number of aryl methyl sites for hydroxylation is 1. The molecule has 0 spiro atoms. The lowest BCUT2D eigenvalue weighted by atomic mass is 9.85. The molecule has 8 heteroatoms. The van der Waals surface area contributed by atoms with Crippen LogP contribution in [0.15, 0.2) is 73.2 Å². The lowest BCUT2D eigenvalue weighted by Gasteiger charge is -2.38. The number of nitrogens with zero attached hydrogens (tertiary/aromatic N) is 4. The highest BCUT2D eigenvalue weighted by Gasteiger charge is 2.35. The Morgan fingerprint density at radius 2 is 1.92 bits per heavy atom. The van der Waals surface area contributed by atoms with E-state index in [1.54, 1.807) is 23.4 Å². The maximum atomic E-state index is 13.1. The molecule has 4 heterocycles. The Morgan fingerprint density at radius 1 is 1.08 bits per heavy atom. The topological polar surface area (TPSA) is 78.7 Å². The van der Waals surface area contributed by atoms with E-state index in [-0.39, 0.29) is 11.8 Å². The van der Waals surface area contributed by atoms with Gasteiger partial charge in [0.1, 0.15) is 0 Å². The van der Waals surface area contributed by atoms with Gasteiger partial charge >= 0.3 is 0 Å². The van der Waals surface area contributed by atoms with E-state index < -0.39 is 5.60 Å². The highest BCUT2D eigenvalue weighted by atomic mass is 35.5. The first-order chi connectivity index (χ1) is 17.9. The van der Waals surface area contributed by atoms with Gasteiger partial charge in [0.15, 0.2) is 0 Å². The third-order valence-electron chi connectivity index (χ3n) is 7.67. The van der Waals surface area contributed by atoms with E-state index in [0.29, 0.717) is 56.0 Å². The van der Waals surface area contributed by atoms with Gasteiger partial charge in [-0.25, -0.2) is 0 Å². The molecular formula is C29H27ClN4O3. The van der Waals surface area contributed by atoms with E-state index in [0.717, 1.165) is 27.7 Å². The quantitative estimate of drug-likeness (QED) is 0.417. The first-order valence-corrected chi connectivity index (χ1v) is 12.9. The van der Waals surface area contributed by atoms with Crippen molar-refractivity contribution in [3.05, 3.63) is 94.9 Å². The Kier molecular flexibility index (Phi) is 5.97. The van der Waals surface area contributed by atoms with Gasteiger partial charge in [0.25, 0.3) is 5.91 Å². The minimum absolute atomic E-state index is 0.0750. The van der Waals surface area contributed by atoms with Crippen LogP contribution in [0, 0.1) is 0 Å². The van der Waals surface area contributed by atoms with Crippen LogP contribution in [0.4, 0.5) is 5.69 Å². The van der Waals surface area contributed by atoms with Crippen molar-refractivity contribution in [3.8, 4) is 0 Å². The number of likely N-dealkylation sites (tertiary alicyclic amines) is 1. The number of piperidine rings is 1. The number of rotatable bonds is 5. The molecule has 0 unspecified atom stereocenters. The Labute approximate surface area is 219 Å². The van der Waals surface area contributed by atoms with Crippen molar-refractivity contribution in [2.45, 2.75) is 38.0 Å². The van der Waals surface area contributed by atoms with Gasteiger partial charge in [-0.05, 0) is 54.1 Å². The molecule has 0 radical (unpaired) electrons. The van der Waals surface area contributed by atoms with E-state index >= 15 is 0 Å². The Balaban J connectivity index is 1.13. The van der Waals surface area contributed by atoms with Crippen LogP contribution in [0.3, 0.4) is 0 Å². The molecule has 188 valence electrons. The summed E-state index contributed by atoms with van der Waals surface area (Å²) in [7, 11) is 0. The third kappa shape index (κ3) is 4.28. The summed E-state index contributed by atoms with van der Waals surface area (Å²) >= 11 is 6.30. The van der Waals surface area contributed by atoms with Gasteiger partial charge in [0.05, 0.1) is 28.2 Å². The van der Waals surface area contributed by atoms with Crippen LogP contribution in [0.25, 0.3) is 10.9 Å². The number of hydrogen-bond donors (Lipinski definition) is 1. The maximum absolute atomic E-state index is 13.1. The first-order valence-electron chi connectivity index (χ1n) is 12.5. The smallest absolute Gasteiger partial charge is 0.260 e. The number of anilines is 1. The number of halogens is 1. The zero-order valence-electron chi connectivity index (χ0n) is 20.3. The number of carbonyl (C=O) groups is 2. The summed E-state index contributed by atoms with van der Waals surface area (Å²) in [4.78, 5) is 33.8. The van der Waals surface area contributed by atoms with Crippen molar-refractivity contribution in [2.75, 3.05) is 18.0 Å². The zero-order chi connectivity index (χ0) is 25.6. The molecular weight excluding hydrogens is 488 g/mol. The fourth-order valence-corrected chi connectivity index (χ4v) is 5.76. The molecule has 1 saturated heterocycles. The predicted octanol–water partition coefficient (Wildman–Crippen LogP) is 4.75. The van der Waals surface area contributed by atoms with E-state index in [1.165, 1.54) is 0 Å². The van der Waals surface area contributed by atoms with Gasteiger partial charge < -0.3 is 19.5 Å². The van der Waals surface area contributed by atoms with Crippen molar-refractivity contribution in [1.29, 1.82) is 0 Å². The second kappa shape index (κ2) is 9.32. The summed E-state index contributed by atoms with van der Waals surface area (Å²) in [6, 6.07) is 17.2. The molecule has 2 aliphatic rings. The van der Waals surface area contributed by atoms with E-state index in [2.05, 4.69) is 9.55 Å². The Morgan fingerprint density at radius 3 is 2.68 bits per heavy atom. The average Bonchev–Trinajstić information content (AvgIpc) is 3.49. The van der Waals surface area contributed by atoms with Gasteiger partial charge in [0, 0.05) is 55.9 Å². The predicted molar refractivity (Wildman–Crippen MR) is 142 cm³/mol. The molecule has 2 aromatic heterocycles. The molecule has 0 bridgehead atoms. The van der Waals surface area contributed by atoms with Gasteiger partial charge in [-0.15, -0.1) is 0 Å². The summed E-state index contributed by atoms with van der Waals surface area (Å²) in [6.45, 7) is 2.05. The number of carbonyl (C=O) groups excluding carboxylic acids is 2. The number of benzene rings is 2. The van der Waals surface area contributed by atoms with Crippen molar-refractivity contribution in [1.82, 2.24) is 14.5 Å². The molecule has 6 rings (SSSR count). The molecule has 1 fully saturated rings. The average molecular weight is 515 g/mol. The van der Waals surface area contributed by atoms with Crippen LogP contribution < -0.4 is 4.90 Å². The minimum Gasteiger partial charge on any atom is -0.385 e. The van der Waals surface area contributed by atoms with Gasteiger partial charge in [-0.3, -0.25) is 14.6 Å². The van der Waals surface area contributed by atoms with E-state index in [9.17, 15) is 14.7 Å². The van der Waals surface area contributed by atoms with E-state index in [1.807, 2.05) is 59.6 Å². The SMILES string of the molecule is O=C(CCn1ccc2ccc(N3Cc4cccc(Cl)c4C3=O)cc21)N1CCC(O)(c2cccnc2)CC1. The van der Waals surface area contributed by atoms with Crippen LogP contribution in [-0.2, 0) is 23.5 Å². The molecule has 1 N–H and O–H groups in total. The first kappa shape index (κ1) is 23.7. The summed E-state index contributed by atoms with van der Waals surface area (Å²) in [5, 5.41) is 12.6. The number of fused-ring (bicyclic) bond motifs is 2. The lowest BCUT2D eigenvalue weighted by Crippen LogP contribution is -2.45. The zero-order valence-corrected chi connectivity index (χ0v) is 21.1. The van der Waals surface area contributed by atoms with Crippen LogP contribution in [0.5, 0.6) is 0 Å². The van der Waals surface area contributed by atoms with Crippen LogP contribution in [-0.4, -0.2) is 44.5 Å². The molecule has 4 aromatic rings. The largest absolute Gasteiger partial charge is 0.385 e. The summed E-state index contributed by atoms with van der Waals surface area (Å²) in [6.07, 6.45) is 6.73. The summed E-state index contributed by atoms with van der Waals surface area (Å²) < 4.78 is 2.06. The Hall–Kier alpha value is -3.68. The van der Waals surface area contributed by atoms with Gasteiger partial charge in [-0.2, -0.15) is 0 Å². The Bertz CT molecular complexity index is 1490. The van der Waals surface area contributed by atoms with Crippen molar-refractivity contribution >= 4 is 40.0 Å². The van der Waals surface area contributed by atoms with Crippen molar-refractivity contribution in [3.63, 3.8) is 0 Å². The standard InChI is InChI=1S/C29H27ClN4O3/c30-24-5-1-3-21-19-34(28(36)27(21)24)23-7-6-20-8-13-32(25(20)17-23)14-9-26(35)33-15-10-29(37,11-16-33)22-4-2-12-31-18-22/h1-8,12-13,17-18,37H,9-11,14-16,19H2. The van der Waals surface area contributed by atoms with Gasteiger partial charge in [-0.1, -0.05) is 35.9 Å². The fraction of sp³-hybridized carbons (Fsp3) is 0.276. The number of pyridine rings is 1. The van der Waals surface area contributed by atoms with Crippen LogP contribution >= 0.6 is 11.6 Å². The minimum atomic E-state index is -0.936. The normalized spacial score (nSPS) is 16.9. The highest BCUT2D eigenvalue weighted by Crippen LogP contribution is 2.35. The summed E-state index contributed by atoms with van der Waals surface area (Å²) in [5.41, 5.74) is 3.15. The number of amides is 2. The van der Waals surface area contributed by atoms with Gasteiger partial charge in [0.2, 0.25) is 5.91 Å².